The molecule has 3 nitrogen and oxygen atoms in total. The number of hydrogen-bond acceptors (Lipinski definition) is 3. The summed E-state index contributed by atoms with van der Waals surface area (Å²) in [5.41, 5.74) is 0. The van der Waals surface area contributed by atoms with Crippen LogP contribution >= 0.6 is 0 Å². The van der Waals surface area contributed by atoms with Crippen LogP contribution in [0.2, 0.25) is 10.1 Å². The Hall–Kier alpha value is -3.36. The summed E-state index contributed by atoms with van der Waals surface area (Å²) in [5, 5.41) is 5.50. The molecule has 6 rings (SSSR count). The van der Waals surface area contributed by atoms with E-state index in [9.17, 15) is 4.79 Å². The van der Waals surface area contributed by atoms with Gasteiger partial charge in [-0.15, -0.1) is 6.58 Å². The third-order valence-electron chi connectivity index (χ3n) is 11.9. The van der Waals surface area contributed by atoms with Crippen molar-refractivity contribution < 1.29 is 13.6 Å². The maximum absolute atomic E-state index is 11.0. The Morgan fingerprint density at radius 3 is 1.13 bits per heavy atom. The van der Waals surface area contributed by atoms with Crippen molar-refractivity contribution in [2.75, 3.05) is 0 Å². The molecule has 4 aromatic rings. The van der Waals surface area contributed by atoms with Gasteiger partial charge in [-0.1, -0.05) is 189 Å². The molecule has 0 spiro atoms. The van der Waals surface area contributed by atoms with Gasteiger partial charge >= 0.3 is 0 Å². The molecule has 0 heterocycles. The summed E-state index contributed by atoms with van der Waals surface area (Å²) in [6.45, 7) is 18.0. The lowest BCUT2D eigenvalue weighted by atomic mass is 9.85. The van der Waals surface area contributed by atoms with E-state index in [2.05, 4.69) is 176 Å². The Balaban J connectivity index is 0.000000240. The molecule has 0 aliphatic heterocycles. The zero-order valence-corrected chi connectivity index (χ0v) is 36.0. The van der Waals surface area contributed by atoms with E-state index in [-0.39, 0.29) is 23.6 Å². The predicted octanol–water partition coefficient (Wildman–Crippen LogP) is 11.0. The first-order valence-corrected chi connectivity index (χ1v) is 24.4. The van der Waals surface area contributed by atoms with Crippen LogP contribution in [0.15, 0.2) is 134 Å². The highest BCUT2D eigenvalue weighted by Crippen LogP contribution is 2.42. The van der Waals surface area contributed by atoms with Crippen molar-refractivity contribution in [3.63, 3.8) is 0 Å². The minimum atomic E-state index is -2.48. The molecule has 4 aromatic carbocycles. The number of hydrogen-bond donors (Lipinski definition) is 0. The monoisotopic (exact) mass is 774 g/mol. The number of carbonyl (C=O) groups is 1. The molecule has 55 heavy (non-hydrogen) atoms. The molecule has 2 saturated carbocycles. The van der Waals surface area contributed by atoms with Crippen LogP contribution in [-0.2, 0) is 13.6 Å². The van der Waals surface area contributed by atoms with Crippen LogP contribution in [0.4, 0.5) is 0 Å². The van der Waals surface area contributed by atoms with E-state index in [0.717, 1.165) is 50.7 Å². The van der Waals surface area contributed by atoms with E-state index >= 15 is 0 Å². The smallest absolute Gasteiger partial charge is 0.261 e. The van der Waals surface area contributed by atoms with Gasteiger partial charge in [0.25, 0.3) is 16.6 Å². The maximum atomic E-state index is 11.0. The lowest BCUT2D eigenvalue weighted by Gasteiger charge is -2.46. The summed E-state index contributed by atoms with van der Waals surface area (Å²) < 4.78 is 14.5. The normalized spacial score (nSPS) is 20.6. The minimum Gasteiger partial charge on any atom is -0.404 e. The van der Waals surface area contributed by atoms with Crippen LogP contribution in [0, 0.1) is 11.8 Å². The number of carbonyl (C=O) groups excluding carboxylic acids is 1. The fraction of sp³-hybridized carbons (Fsp3) is 0.460. The molecule has 2 aliphatic carbocycles. The van der Waals surface area contributed by atoms with E-state index in [1.54, 1.807) is 0 Å². The SMILES string of the molecule is C.C=CCC1CCCC(O[Si](c2ccccc2)(c2ccccc2)C(C)(C)C)C1.CC(C)(C)[Si](OC1CCCC(CC=O)C1)(c1ccccc1)c1ccccc1. The van der Waals surface area contributed by atoms with Gasteiger partial charge in [-0.2, -0.15) is 0 Å². The highest BCUT2D eigenvalue weighted by atomic mass is 28.4. The first-order chi connectivity index (χ1) is 25.9. The molecule has 0 saturated heterocycles. The van der Waals surface area contributed by atoms with Crippen LogP contribution in [0.3, 0.4) is 0 Å². The average molecular weight is 775 g/mol. The first-order valence-electron chi connectivity index (χ1n) is 20.6. The third kappa shape index (κ3) is 10.5. The Morgan fingerprint density at radius 1 is 0.545 bits per heavy atom. The predicted molar refractivity (Wildman–Crippen MR) is 241 cm³/mol. The molecule has 2 fully saturated rings. The van der Waals surface area contributed by atoms with E-state index in [1.807, 2.05) is 0 Å². The summed E-state index contributed by atoms with van der Waals surface area (Å²) in [6.07, 6.45) is 14.8. The first kappa shape index (κ1) is 44.4. The van der Waals surface area contributed by atoms with Gasteiger partial charge in [0, 0.05) is 18.6 Å². The standard InChI is InChI=1S/C25H34OSi.C24H32O2Si.CH4/c1-5-13-21-14-12-15-22(20-21)26-27(25(2,3)4,23-16-8-6-9-17-23)24-18-10-7-11-19-24;1-24(2,3)27(22-13-6-4-7-14-22,23-15-8-5-9-16-23)26-21-12-10-11-20(19-21)17-18-25;/h5-11,16-19,21-22H,1,12-15,20H2,2-4H3;4-9,13-16,18,20-21H,10-12,17,19H2,1-3H3;1H4. The topological polar surface area (TPSA) is 35.5 Å². The van der Waals surface area contributed by atoms with Gasteiger partial charge in [0.05, 0.1) is 0 Å². The second kappa shape index (κ2) is 20.2. The minimum absolute atomic E-state index is 0. The van der Waals surface area contributed by atoms with Crippen LogP contribution in [0.5, 0.6) is 0 Å². The fourth-order valence-corrected chi connectivity index (χ4v) is 18.8. The van der Waals surface area contributed by atoms with E-state index in [4.69, 9.17) is 8.85 Å². The summed E-state index contributed by atoms with van der Waals surface area (Å²) in [7, 11) is -4.89. The molecular formula is C50H70O3Si2. The largest absolute Gasteiger partial charge is 0.404 e. The van der Waals surface area contributed by atoms with Gasteiger partial charge in [-0.05, 0) is 87.6 Å². The van der Waals surface area contributed by atoms with Crippen molar-refractivity contribution in [1.82, 2.24) is 0 Å². The second-order valence-corrected chi connectivity index (χ2v) is 26.3. The van der Waals surface area contributed by atoms with Crippen molar-refractivity contribution in [3.05, 3.63) is 134 Å². The molecule has 0 N–H and O–H groups in total. The van der Waals surface area contributed by atoms with E-state index < -0.39 is 16.6 Å². The van der Waals surface area contributed by atoms with Gasteiger partial charge in [0.2, 0.25) is 0 Å². The van der Waals surface area contributed by atoms with Crippen molar-refractivity contribution in [2.45, 2.75) is 135 Å². The zero-order valence-electron chi connectivity index (χ0n) is 34.0. The van der Waals surface area contributed by atoms with Gasteiger partial charge in [-0.3, -0.25) is 0 Å². The van der Waals surface area contributed by atoms with E-state index in [0.29, 0.717) is 18.4 Å². The number of allylic oxidation sites excluding steroid dienone is 1. The summed E-state index contributed by atoms with van der Waals surface area (Å²) in [4.78, 5) is 11.0. The lowest BCUT2D eigenvalue weighted by Crippen LogP contribution is -2.67. The summed E-state index contributed by atoms with van der Waals surface area (Å²) in [5.74, 6) is 1.19. The number of benzene rings is 4. The lowest BCUT2D eigenvalue weighted by molar-refractivity contribution is -0.109. The molecule has 4 atom stereocenters. The Labute approximate surface area is 337 Å². The second-order valence-electron chi connectivity index (χ2n) is 17.8. The van der Waals surface area contributed by atoms with Crippen molar-refractivity contribution in [1.29, 1.82) is 0 Å². The molecule has 0 amide bonds. The van der Waals surface area contributed by atoms with Gasteiger partial charge in [0.1, 0.15) is 6.29 Å². The van der Waals surface area contributed by atoms with Crippen molar-refractivity contribution >= 4 is 43.7 Å². The highest BCUT2D eigenvalue weighted by Gasteiger charge is 2.53. The molecule has 0 aromatic heterocycles. The molecular weight excluding hydrogens is 705 g/mol. The van der Waals surface area contributed by atoms with Crippen molar-refractivity contribution in [2.24, 2.45) is 11.8 Å². The van der Waals surface area contributed by atoms with Crippen molar-refractivity contribution in [3.8, 4) is 0 Å². The van der Waals surface area contributed by atoms with Gasteiger partial charge in [-0.25, -0.2) is 0 Å². The summed E-state index contributed by atoms with van der Waals surface area (Å²) >= 11 is 0. The number of aldehydes is 1. The van der Waals surface area contributed by atoms with E-state index in [1.165, 1.54) is 40.0 Å². The molecule has 0 radical (unpaired) electrons. The van der Waals surface area contributed by atoms with Crippen LogP contribution in [0.1, 0.15) is 113 Å². The highest BCUT2D eigenvalue weighted by molar-refractivity contribution is 7.00. The van der Waals surface area contributed by atoms with Crippen LogP contribution in [-0.4, -0.2) is 35.1 Å². The summed E-state index contributed by atoms with van der Waals surface area (Å²) in [6, 6.07) is 43.7. The molecule has 5 heteroatoms. The maximum Gasteiger partial charge on any atom is 0.261 e. The Bertz CT molecular complexity index is 1490. The average Bonchev–Trinajstić information content (AvgIpc) is 3.17. The van der Waals surface area contributed by atoms with Gasteiger partial charge < -0.3 is 13.6 Å². The fourth-order valence-electron chi connectivity index (χ4n) is 9.38. The molecule has 296 valence electrons. The molecule has 0 bridgehead atoms. The quantitative estimate of drug-likeness (QED) is 0.0817. The molecule has 4 unspecified atom stereocenters. The van der Waals surface area contributed by atoms with Gasteiger partial charge in [0.15, 0.2) is 0 Å². The zero-order chi connectivity index (χ0) is 38.7. The third-order valence-corrected chi connectivity index (χ3v) is 22.1. The van der Waals surface area contributed by atoms with Crippen LogP contribution < -0.4 is 20.7 Å². The Morgan fingerprint density at radius 2 is 0.855 bits per heavy atom. The Kier molecular flexibility index (Phi) is 16.3. The van der Waals surface area contributed by atoms with Crippen LogP contribution in [0.25, 0.3) is 0 Å². The molecule has 2 aliphatic rings. The number of rotatable bonds is 12.